The predicted molar refractivity (Wildman–Crippen MR) is 190 cm³/mol. The Morgan fingerprint density at radius 1 is 0.221 bits per heavy atom. The Labute approximate surface area is 364 Å². The van der Waals surface area contributed by atoms with Gasteiger partial charge in [0.2, 0.25) is 23.3 Å². The molecule has 68 heavy (non-hydrogen) atoms. The summed E-state index contributed by atoms with van der Waals surface area (Å²) in [6.45, 7) is 0. The van der Waals surface area contributed by atoms with Crippen molar-refractivity contribution in [2.45, 2.75) is 0 Å². The largest absolute Gasteiger partial charge is 0.456 e. The van der Waals surface area contributed by atoms with Gasteiger partial charge in [0.1, 0.15) is 33.2 Å². The average Bonchev–Trinajstić information content (AvgIpc) is 4.18. The van der Waals surface area contributed by atoms with Gasteiger partial charge in [-0.2, -0.15) is 0 Å². The summed E-state index contributed by atoms with van der Waals surface area (Å²) in [5.41, 5.74) is -17.8. The Morgan fingerprint density at radius 3 is 0.676 bits per heavy atom. The van der Waals surface area contributed by atoms with Gasteiger partial charge < -0.3 is 13.3 Å². The first-order chi connectivity index (χ1) is 32.1. The minimum absolute atomic E-state index is 0.0436. The van der Waals surface area contributed by atoms with E-state index in [1.54, 1.807) is 0 Å². The van der Waals surface area contributed by atoms with Crippen molar-refractivity contribution in [1.82, 2.24) is 0 Å². The number of halogens is 20. The highest BCUT2D eigenvalue weighted by atomic mass is 32.1. The van der Waals surface area contributed by atoms with E-state index in [1.807, 2.05) is 0 Å². The summed E-state index contributed by atoms with van der Waals surface area (Å²) in [6, 6.07) is 4.40. The summed E-state index contributed by atoms with van der Waals surface area (Å²) >= 11 is -0.0436. The van der Waals surface area contributed by atoms with E-state index >= 15 is 35.1 Å². The molecule has 8 aromatic rings. The van der Waals surface area contributed by atoms with Crippen molar-refractivity contribution in [3.63, 3.8) is 0 Å². The van der Waals surface area contributed by atoms with Gasteiger partial charge in [-0.3, -0.25) is 0 Å². The molecule has 0 atom stereocenters. The van der Waals surface area contributed by atoms with E-state index in [4.69, 9.17) is 13.3 Å². The van der Waals surface area contributed by atoms with Crippen LogP contribution in [-0.4, -0.2) is 0 Å². The van der Waals surface area contributed by atoms with Crippen LogP contribution in [0.5, 0.6) is 0 Å². The molecule has 4 aromatic heterocycles. The molecule has 4 aromatic carbocycles. The molecule has 0 spiro atoms. The van der Waals surface area contributed by atoms with E-state index in [-0.39, 0.29) is 11.3 Å². The van der Waals surface area contributed by atoms with Crippen LogP contribution in [0.4, 0.5) is 87.8 Å². The van der Waals surface area contributed by atoms with Crippen LogP contribution in [-0.2, 0) is 0 Å². The van der Waals surface area contributed by atoms with Crippen LogP contribution in [0.1, 0.15) is 43.5 Å². The Morgan fingerprint density at radius 2 is 0.426 bits per heavy atom. The van der Waals surface area contributed by atoms with Crippen molar-refractivity contribution in [3.05, 3.63) is 230 Å². The van der Waals surface area contributed by atoms with Crippen molar-refractivity contribution in [2.24, 2.45) is 0 Å². The smallest absolute Gasteiger partial charge is 0.200 e. The highest BCUT2D eigenvalue weighted by molar-refractivity contribution is 7.14. The van der Waals surface area contributed by atoms with Crippen molar-refractivity contribution in [1.29, 1.82) is 0 Å². The van der Waals surface area contributed by atoms with Crippen molar-refractivity contribution in [2.75, 3.05) is 0 Å². The molecule has 0 fully saturated rings. The minimum Gasteiger partial charge on any atom is -0.456 e. The second-order valence-electron chi connectivity index (χ2n) is 13.9. The van der Waals surface area contributed by atoms with Gasteiger partial charge in [0.05, 0.1) is 33.4 Å². The quantitative estimate of drug-likeness (QED) is 0.100. The monoisotopic (exact) mass is 996 g/mol. The fraction of sp³-hybridized carbons (Fsp3) is 0. The maximum atomic E-state index is 15.8. The molecule has 0 saturated carbocycles. The summed E-state index contributed by atoms with van der Waals surface area (Å²) in [5, 5.41) is 0. The van der Waals surface area contributed by atoms with E-state index in [0.29, 0.717) is 48.5 Å². The van der Waals surface area contributed by atoms with Gasteiger partial charge in [0.15, 0.2) is 93.1 Å². The maximum Gasteiger partial charge on any atom is 0.200 e. The van der Waals surface area contributed by atoms with Gasteiger partial charge in [-0.25, -0.2) is 87.8 Å². The Hall–Kier alpha value is -7.50. The Kier molecular flexibility index (Phi) is 10.8. The Bertz CT molecular complexity index is 3220. The van der Waals surface area contributed by atoms with Crippen LogP contribution in [0.2, 0.25) is 0 Å². The molecular formula is C44H8F20O3S. The highest BCUT2D eigenvalue weighted by Gasteiger charge is 2.36. The molecule has 0 aliphatic carbocycles. The molecule has 348 valence electrons. The van der Waals surface area contributed by atoms with Crippen molar-refractivity contribution in [3.8, 4) is 0 Å². The van der Waals surface area contributed by atoms with Gasteiger partial charge in [-0.05, 0) is 48.5 Å². The van der Waals surface area contributed by atoms with Gasteiger partial charge in [0.25, 0.3) is 0 Å². The molecule has 0 unspecified atom stereocenters. The summed E-state index contributed by atoms with van der Waals surface area (Å²) < 4.78 is 319. The number of furan rings is 3. The van der Waals surface area contributed by atoms with Crippen LogP contribution in [0.15, 0.2) is 61.8 Å². The van der Waals surface area contributed by atoms with Crippen LogP contribution in [0, 0.1) is 116 Å². The standard InChI is InChI=1S/C44H8F20O3S/c45-25-21(26(46)34(54)41(61)33(25)53)17-9-1-2-10(65-9)18(22-27(47)35(55)42(62)36(56)28(22)48)12-4-6-14(67-12)20(24-31(51)39(59)44(64)40(60)32(24)52)16-8-7-15(68-16)19(13-5-3-11(17)66-13)23-29(49)37(57)43(63)38(58)30(23)50/h1-8H/b17-9?,17-11+,18-10?,18-12+,19-13+,19-15?,20-14+,20-16?. The number of fused-ring (bicyclic) bond motifs is 8. The average molecular weight is 997 g/mol. The first-order valence-corrected chi connectivity index (χ1v) is 18.9. The number of benzene rings is 4. The fourth-order valence-electron chi connectivity index (χ4n) is 7.20. The fourth-order valence-corrected chi connectivity index (χ4v) is 8.31. The second kappa shape index (κ2) is 16.1. The molecule has 0 amide bonds. The van der Waals surface area contributed by atoms with Crippen LogP contribution >= 0.6 is 11.3 Å². The van der Waals surface area contributed by atoms with Gasteiger partial charge in [-0.15, -0.1) is 11.3 Å². The van der Waals surface area contributed by atoms with E-state index < -0.39 is 204 Å². The first kappa shape index (κ1) is 45.6. The number of hydrogen-bond acceptors (Lipinski definition) is 4. The normalized spacial score (nSPS) is 16.1. The zero-order valence-corrected chi connectivity index (χ0v) is 32.6. The van der Waals surface area contributed by atoms with Crippen molar-refractivity contribution < 1.29 is 101 Å². The lowest BCUT2D eigenvalue weighted by molar-refractivity contribution is 0.374. The van der Waals surface area contributed by atoms with Gasteiger partial charge >= 0.3 is 0 Å². The highest BCUT2D eigenvalue weighted by Crippen LogP contribution is 2.40. The number of hydrogen-bond donors (Lipinski definition) is 0. The van der Waals surface area contributed by atoms with E-state index in [1.165, 1.54) is 0 Å². The molecule has 24 heteroatoms. The molecular weight excluding hydrogens is 989 g/mol. The molecule has 0 saturated heterocycles. The zero-order chi connectivity index (χ0) is 49.3. The van der Waals surface area contributed by atoms with Gasteiger partial charge in [-0.1, -0.05) is 0 Å². The van der Waals surface area contributed by atoms with Gasteiger partial charge in [0, 0.05) is 20.9 Å². The summed E-state index contributed by atoms with van der Waals surface area (Å²) in [7, 11) is 0. The van der Waals surface area contributed by atoms with E-state index in [9.17, 15) is 52.7 Å². The van der Waals surface area contributed by atoms with Crippen molar-refractivity contribution >= 4 is 33.6 Å². The molecule has 5 heterocycles. The lowest BCUT2D eigenvalue weighted by atomic mass is 10.0. The van der Waals surface area contributed by atoms with Crippen LogP contribution in [0.3, 0.4) is 0 Å². The predicted octanol–water partition coefficient (Wildman–Crippen LogP) is 10.6. The molecule has 1 aliphatic rings. The molecule has 8 bridgehead atoms. The number of rotatable bonds is 4. The lowest BCUT2D eigenvalue weighted by Crippen LogP contribution is -2.16. The summed E-state index contributed by atoms with van der Waals surface area (Å²) in [5.74, 6) is -55.7. The van der Waals surface area contributed by atoms with E-state index in [0.717, 1.165) is 0 Å². The third-order valence-electron chi connectivity index (χ3n) is 10.2. The molecule has 0 N–H and O–H groups in total. The third-order valence-corrected chi connectivity index (χ3v) is 11.4. The maximum absolute atomic E-state index is 15.8. The summed E-state index contributed by atoms with van der Waals surface area (Å²) in [6.07, 6.45) is 0. The molecule has 0 radical (unpaired) electrons. The molecule has 9 rings (SSSR count). The van der Waals surface area contributed by atoms with Crippen LogP contribution < -0.4 is 21.7 Å². The Balaban J connectivity index is 1.56. The SMILES string of the molecule is Fc1c(F)c(F)c(/C2=c3\cc/c(o3)=C(\c3c(F)c(F)c(F)c(F)c3F)c3ccc(s3)/C(c3c(F)c(F)c(F)c(F)c3F)=c3/cc/c(o3)=C(\c3c(F)c(F)c(F)c(F)c3F)c3ccc2o3)c(F)c1F. The summed E-state index contributed by atoms with van der Waals surface area (Å²) in [4.78, 5) is -1.67. The number of thiophene rings is 1. The lowest BCUT2D eigenvalue weighted by Gasteiger charge is -2.12. The molecule has 1 aliphatic heterocycles. The van der Waals surface area contributed by atoms with E-state index in [2.05, 4.69) is 0 Å². The first-order valence-electron chi connectivity index (χ1n) is 18.1. The third kappa shape index (κ3) is 6.50. The second-order valence-corrected chi connectivity index (χ2v) is 15.0. The zero-order valence-electron chi connectivity index (χ0n) is 31.8. The minimum atomic E-state index is -2.74. The van der Waals surface area contributed by atoms with Crippen LogP contribution in [0.25, 0.3) is 22.3 Å². The topological polar surface area (TPSA) is 39.4 Å². The molecule has 3 nitrogen and oxygen atoms in total.